The maximum atomic E-state index is 13.8. The Labute approximate surface area is 124 Å². The van der Waals surface area contributed by atoms with Crippen LogP contribution in [-0.2, 0) is 6.54 Å². The van der Waals surface area contributed by atoms with E-state index in [-0.39, 0.29) is 11.9 Å². The highest BCUT2D eigenvalue weighted by atomic mass is 35.5. The predicted molar refractivity (Wildman–Crippen MR) is 82.1 cm³/mol. The Morgan fingerprint density at radius 1 is 1.20 bits per heavy atom. The monoisotopic (exact) mass is 292 g/mol. The summed E-state index contributed by atoms with van der Waals surface area (Å²) in [6.45, 7) is 2.53. The molecule has 20 heavy (non-hydrogen) atoms. The first kappa shape index (κ1) is 14.8. The van der Waals surface area contributed by atoms with E-state index in [1.165, 1.54) is 6.07 Å². The summed E-state index contributed by atoms with van der Waals surface area (Å²) in [6, 6.07) is 12.2. The van der Waals surface area contributed by atoms with Gasteiger partial charge in [0.25, 0.3) is 0 Å². The van der Waals surface area contributed by atoms with Crippen molar-refractivity contribution in [3.05, 3.63) is 64.4 Å². The summed E-state index contributed by atoms with van der Waals surface area (Å²) in [5, 5.41) is 0.637. The van der Waals surface area contributed by atoms with Crippen molar-refractivity contribution in [2.45, 2.75) is 19.5 Å². The molecule has 0 saturated carbocycles. The van der Waals surface area contributed by atoms with Gasteiger partial charge in [0.15, 0.2) is 0 Å². The van der Waals surface area contributed by atoms with Crippen LogP contribution in [0.5, 0.6) is 0 Å². The minimum Gasteiger partial charge on any atom is -0.398 e. The molecule has 2 aromatic carbocycles. The zero-order valence-corrected chi connectivity index (χ0v) is 12.4. The lowest BCUT2D eigenvalue weighted by atomic mass is 10.1. The molecule has 0 aliphatic heterocycles. The Bertz CT molecular complexity index is 581. The number of benzene rings is 2. The summed E-state index contributed by atoms with van der Waals surface area (Å²) < 4.78 is 13.8. The number of nitrogens with zero attached hydrogens (tertiary/aromatic N) is 1. The maximum Gasteiger partial charge on any atom is 0.127 e. The van der Waals surface area contributed by atoms with Gasteiger partial charge in [0, 0.05) is 34.4 Å². The number of halogens is 2. The van der Waals surface area contributed by atoms with Gasteiger partial charge in [-0.05, 0) is 32.2 Å². The van der Waals surface area contributed by atoms with Crippen LogP contribution in [0.4, 0.5) is 10.1 Å². The molecule has 0 radical (unpaired) electrons. The van der Waals surface area contributed by atoms with Crippen molar-refractivity contribution in [1.82, 2.24) is 4.90 Å². The summed E-state index contributed by atoms with van der Waals surface area (Å²) in [5.74, 6) is -0.195. The molecular formula is C16H18ClFN2. The van der Waals surface area contributed by atoms with E-state index in [2.05, 4.69) is 0 Å². The topological polar surface area (TPSA) is 29.3 Å². The molecule has 0 aromatic heterocycles. The highest BCUT2D eigenvalue weighted by molar-refractivity contribution is 6.31. The number of nitrogens with two attached hydrogens (primary N) is 1. The summed E-state index contributed by atoms with van der Waals surface area (Å²) in [4.78, 5) is 2.02. The molecule has 2 aromatic rings. The SMILES string of the molecule is CC(c1ccccc1F)N(C)Cc1c(N)cccc1Cl. The molecule has 0 spiro atoms. The standard InChI is InChI=1S/C16H18ClFN2/c1-11(12-6-3-4-8-15(12)18)20(2)10-13-14(17)7-5-9-16(13)19/h3-9,11H,10,19H2,1-2H3. The third kappa shape index (κ3) is 3.11. The van der Waals surface area contributed by atoms with Gasteiger partial charge >= 0.3 is 0 Å². The normalized spacial score (nSPS) is 12.7. The number of nitrogen functional groups attached to an aromatic ring is 1. The quantitative estimate of drug-likeness (QED) is 0.854. The number of rotatable bonds is 4. The van der Waals surface area contributed by atoms with E-state index in [9.17, 15) is 4.39 Å². The molecule has 106 valence electrons. The second kappa shape index (κ2) is 6.25. The molecule has 0 amide bonds. The van der Waals surface area contributed by atoms with Crippen molar-refractivity contribution in [2.75, 3.05) is 12.8 Å². The van der Waals surface area contributed by atoms with Crippen molar-refractivity contribution < 1.29 is 4.39 Å². The minimum atomic E-state index is -0.195. The first-order valence-corrected chi connectivity index (χ1v) is 6.86. The van der Waals surface area contributed by atoms with Gasteiger partial charge < -0.3 is 5.73 Å². The number of anilines is 1. The van der Waals surface area contributed by atoms with Gasteiger partial charge in [0.05, 0.1) is 0 Å². The van der Waals surface area contributed by atoms with Gasteiger partial charge in [-0.1, -0.05) is 35.9 Å². The first-order chi connectivity index (χ1) is 9.50. The van der Waals surface area contributed by atoms with E-state index >= 15 is 0 Å². The molecule has 2 N–H and O–H groups in total. The molecular weight excluding hydrogens is 275 g/mol. The van der Waals surface area contributed by atoms with Gasteiger partial charge in [-0.2, -0.15) is 0 Å². The Morgan fingerprint density at radius 3 is 2.55 bits per heavy atom. The van der Waals surface area contributed by atoms with Crippen molar-refractivity contribution in [3.63, 3.8) is 0 Å². The Morgan fingerprint density at radius 2 is 1.90 bits per heavy atom. The zero-order chi connectivity index (χ0) is 14.7. The summed E-state index contributed by atoms with van der Waals surface area (Å²) in [6.07, 6.45) is 0. The van der Waals surface area contributed by atoms with Crippen LogP contribution >= 0.6 is 11.6 Å². The maximum absolute atomic E-state index is 13.8. The van der Waals surface area contributed by atoms with Crippen molar-refractivity contribution in [1.29, 1.82) is 0 Å². The van der Waals surface area contributed by atoms with Crippen LogP contribution in [0.1, 0.15) is 24.1 Å². The van der Waals surface area contributed by atoms with Crippen LogP contribution in [0, 0.1) is 5.82 Å². The lowest BCUT2D eigenvalue weighted by Crippen LogP contribution is -2.23. The smallest absolute Gasteiger partial charge is 0.127 e. The summed E-state index contributed by atoms with van der Waals surface area (Å²) >= 11 is 6.17. The first-order valence-electron chi connectivity index (χ1n) is 6.48. The highest BCUT2D eigenvalue weighted by Gasteiger charge is 2.17. The molecule has 0 aliphatic rings. The lowest BCUT2D eigenvalue weighted by molar-refractivity contribution is 0.248. The van der Waals surface area contributed by atoms with Crippen molar-refractivity contribution >= 4 is 17.3 Å². The van der Waals surface area contributed by atoms with E-state index < -0.39 is 0 Å². The Kier molecular flexibility index (Phi) is 4.63. The molecule has 2 rings (SSSR count). The van der Waals surface area contributed by atoms with Crippen LogP contribution < -0.4 is 5.73 Å². The summed E-state index contributed by atoms with van der Waals surface area (Å²) in [7, 11) is 1.93. The van der Waals surface area contributed by atoms with E-state index in [0.29, 0.717) is 22.8 Å². The number of hydrogen-bond donors (Lipinski definition) is 1. The van der Waals surface area contributed by atoms with E-state index in [1.54, 1.807) is 12.1 Å². The molecule has 1 unspecified atom stereocenters. The molecule has 1 atom stereocenters. The molecule has 0 saturated heterocycles. The predicted octanol–water partition coefficient (Wildman–Crippen LogP) is 4.25. The molecule has 0 aliphatic carbocycles. The van der Waals surface area contributed by atoms with Gasteiger partial charge in [0.2, 0.25) is 0 Å². The van der Waals surface area contributed by atoms with Crippen LogP contribution in [0.25, 0.3) is 0 Å². The van der Waals surface area contributed by atoms with Gasteiger partial charge in [-0.25, -0.2) is 4.39 Å². The Balaban J connectivity index is 2.20. The van der Waals surface area contributed by atoms with E-state index in [0.717, 1.165) is 5.56 Å². The average Bonchev–Trinajstić information content (AvgIpc) is 2.42. The Hall–Kier alpha value is -1.58. The fraction of sp³-hybridized carbons (Fsp3) is 0.250. The van der Waals surface area contributed by atoms with Crippen LogP contribution in [0.3, 0.4) is 0 Å². The second-order valence-electron chi connectivity index (χ2n) is 4.92. The number of hydrogen-bond acceptors (Lipinski definition) is 2. The van der Waals surface area contributed by atoms with E-state index in [1.807, 2.05) is 43.1 Å². The van der Waals surface area contributed by atoms with E-state index in [4.69, 9.17) is 17.3 Å². The second-order valence-corrected chi connectivity index (χ2v) is 5.33. The molecule has 0 bridgehead atoms. The molecule has 4 heteroatoms. The van der Waals surface area contributed by atoms with Crippen molar-refractivity contribution in [2.24, 2.45) is 0 Å². The van der Waals surface area contributed by atoms with Gasteiger partial charge in [-0.3, -0.25) is 4.90 Å². The van der Waals surface area contributed by atoms with Gasteiger partial charge in [0.1, 0.15) is 5.82 Å². The third-order valence-corrected chi connectivity index (χ3v) is 3.93. The fourth-order valence-electron chi connectivity index (χ4n) is 2.18. The largest absolute Gasteiger partial charge is 0.398 e. The van der Waals surface area contributed by atoms with Crippen LogP contribution in [0.15, 0.2) is 42.5 Å². The summed E-state index contributed by atoms with van der Waals surface area (Å²) in [5.41, 5.74) is 8.15. The third-order valence-electron chi connectivity index (χ3n) is 3.58. The zero-order valence-electron chi connectivity index (χ0n) is 11.6. The molecule has 0 heterocycles. The highest BCUT2D eigenvalue weighted by Crippen LogP contribution is 2.28. The van der Waals surface area contributed by atoms with Gasteiger partial charge in [-0.15, -0.1) is 0 Å². The minimum absolute atomic E-state index is 0.0631. The fourth-order valence-corrected chi connectivity index (χ4v) is 2.42. The van der Waals surface area contributed by atoms with Crippen LogP contribution in [0.2, 0.25) is 5.02 Å². The van der Waals surface area contributed by atoms with Crippen LogP contribution in [-0.4, -0.2) is 11.9 Å². The average molecular weight is 293 g/mol. The van der Waals surface area contributed by atoms with Crippen molar-refractivity contribution in [3.8, 4) is 0 Å². The molecule has 2 nitrogen and oxygen atoms in total. The molecule has 0 fully saturated rings. The lowest BCUT2D eigenvalue weighted by Gasteiger charge is -2.26.